The fourth-order valence-electron chi connectivity index (χ4n) is 13.2. The van der Waals surface area contributed by atoms with E-state index in [0.29, 0.717) is 35.5 Å². The lowest BCUT2D eigenvalue weighted by Gasteiger charge is -2.72. The van der Waals surface area contributed by atoms with Gasteiger partial charge in [0.05, 0.1) is 6.10 Å². The molecular weight excluding hydrogens is 588 g/mol. The third-order valence-electron chi connectivity index (χ3n) is 16.5. The molecule has 0 bridgehead atoms. The Bertz CT molecular complexity index is 1390. The molecule has 1 aromatic rings. The molecule has 4 fully saturated rings. The average molecular weight is 659 g/mol. The highest BCUT2D eigenvalue weighted by molar-refractivity contribution is 6.00. The van der Waals surface area contributed by atoms with Gasteiger partial charge in [0.25, 0.3) is 0 Å². The molecule has 5 aliphatic rings. The molecular formula is C44H70N2O2. The summed E-state index contributed by atoms with van der Waals surface area (Å²) in [6.45, 7) is 25.6. The molecule has 0 aliphatic heterocycles. The summed E-state index contributed by atoms with van der Waals surface area (Å²) in [5.74, 6) is 3.21. The zero-order chi connectivity index (χ0) is 35.0. The van der Waals surface area contributed by atoms with Gasteiger partial charge in [-0.15, -0.1) is 0 Å². The quantitative estimate of drug-likeness (QED) is 0.287. The molecule has 0 spiro atoms. The number of hydrogen-bond acceptors (Lipinski definition) is 4. The fourth-order valence-corrected chi connectivity index (χ4v) is 13.2. The summed E-state index contributed by atoms with van der Waals surface area (Å²) in [4.78, 5) is 18.9. The molecule has 6 rings (SSSR count). The topological polar surface area (TPSA) is 43.8 Å². The van der Waals surface area contributed by atoms with E-state index in [4.69, 9.17) is 0 Å². The van der Waals surface area contributed by atoms with Gasteiger partial charge in [0.1, 0.15) is 0 Å². The Morgan fingerprint density at radius 2 is 1.54 bits per heavy atom. The molecule has 9 unspecified atom stereocenters. The number of aryl methyl sites for hydroxylation is 1. The molecule has 4 saturated carbocycles. The molecule has 0 saturated heterocycles. The lowest BCUT2D eigenvalue weighted by molar-refractivity contribution is -0.222. The van der Waals surface area contributed by atoms with Crippen molar-refractivity contribution in [2.75, 3.05) is 33.7 Å². The van der Waals surface area contributed by atoms with Gasteiger partial charge < -0.3 is 10.0 Å². The first-order valence-corrected chi connectivity index (χ1v) is 19.8. The first kappa shape index (κ1) is 36.3. The van der Waals surface area contributed by atoms with Crippen molar-refractivity contribution in [2.24, 2.45) is 56.7 Å². The molecule has 4 heteroatoms. The van der Waals surface area contributed by atoms with Crippen LogP contribution in [-0.2, 0) is 11.3 Å². The highest BCUT2D eigenvalue weighted by atomic mass is 16.3. The van der Waals surface area contributed by atoms with Crippen LogP contribution in [0, 0.1) is 63.6 Å². The zero-order valence-electron chi connectivity index (χ0n) is 32.7. The van der Waals surface area contributed by atoms with Crippen molar-refractivity contribution in [3.05, 3.63) is 46.5 Å². The Labute approximate surface area is 294 Å². The van der Waals surface area contributed by atoms with Crippen LogP contribution < -0.4 is 0 Å². The Hall–Kier alpha value is -1.49. The van der Waals surface area contributed by atoms with Crippen molar-refractivity contribution >= 4 is 5.78 Å². The molecule has 0 radical (unpaired) electrons. The number of ketones is 1. The van der Waals surface area contributed by atoms with Gasteiger partial charge in [-0.05, 0) is 135 Å². The Kier molecular flexibility index (Phi) is 9.55. The number of allylic oxidation sites excluding steroid dienone is 1. The van der Waals surface area contributed by atoms with Gasteiger partial charge in [0.2, 0.25) is 0 Å². The second-order valence-electron chi connectivity index (χ2n) is 19.7. The van der Waals surface area contributed by atoms with E-state index < -0.39 is 11.5 Å². The Balaban J connectivity index is 1.35. The number of Topliss-reactive ketones (excluding diaryl/α,β-unsaturated/α-hetero) is 1. The van der Waals surface area contributed by atoms with Gasteiger partial charge in [-0.1, -0.05) is 90.8 Å². The number of aliphatic hydroxyl groups excluding tert-OH is 1. The van der Waals surface area contributed by atoms with Gasteiger partial charge in [0, 0.05) is 38.0 Å². The van der Waals surface area contributed by atoms with Crippen LogP contribution in [0.2, 0.25) is 0 Å². The monoisotopic (exact) mass is 659 g/mol. The van der Waals surface area contributed by atoms with Crippen molar-refractivity contribution in [3.63, 3.8) is 0 Å². The third kappa shape index (κ3) is 5.52. The van der Waals surface area contributed by atoms with Crippen LogP contribution in [0.15, 0.2) is 35.4 Å². The van der Waals surface area contributed by atoms with Crippen molar-refractivity contribution in [3.8, 4) is 0 Å². The van der Waals surface area contributed by atoms with E-state index in [2.05, 4.69) is 110 Å². The fraction of sp³-hybridized carbons (Fsp3) is 0.795. The summed E-state index contributed by atoms with van der Waals surface area (Å²) < 4.78 is 0. The molecule has 48 heavy (non-hydrogen) atoms. The number of fused-ring (bicyclic) bond motifs is 7. The SMILES string of the molecule is Cc1ccc(CN(CCN(C)C)CC(O)C23CCC4(C)C(CCC5C6(C)CCC(C)C(C)(C)C6CCC54C)C2=C(C(C)C)C(=O)C3)cc1. The minimum atomic E-state index is -0.552. The minimum Gasteiger partial charge on any atom is -0.391 e. The average Bonchev–Trinajstić information content (AvgIpc) is 3.33. The summed E-state index contributed by atoms with van der Waals surface area (Å²) >= 11 is 0. The summed E-state index contributed by atoms with van der Waals surface area (Å²) in [6.07, 6.45) is 9.83. The number of benzene rings is 1. The highest BCUT2D eigenvalue weighted by Gasteiger charge is 2.70. The number of carbonyl (C=O) groups is 1. The van der Waals surface area contributed by atoms with Crippen LogP contribution in [0.3, 0.4) is 0 Å². The second-order valence-corrected chi connectivity index (χ2v) is 19.7. The molecule has 0 aromatic heterocycles. The number of aliphatic hydroxyl groups is 1. The van der Waals surface area contributed by atoms with Crippen molar-refractivity contribution in [1.29, 1.82) is 0 Å². The predicted molar refractivity (Wildman–Crippen MR) is 200 cm³/mol. The maximum atomic E-state index is 14.2. The van der Waals surface area contributed by atoms with Crippen molar-refractivity contribution in [1.82, 2.24) is 9.80 Å². The lowest BCUT2D eigenvalue weighted by atomic mass is 9.32. The lowest BCUT2D eigenvalue weighted by Crippen LogP contribution is -2.65. The third-order valence-corrected chi connectivity index (χ3v) is 16.5. The normalized spacial score (nSPS) is 39.8. The first-order chi connectivity index (χ1) is 22.4. The Morgan fingerprint density at radius 1 is 0.854 bits per heavy atom. The van der Waals surface area contributed by atoms with E-state index in [1.165, 1.54) is 55.2 Å². The number of nitrogens with zero attached hydrogens (tertiary/aromatic N) is 2. The maximum Gasteiger partial charge on any atom is 0.160 e. The molecule has 268 valence electrons. The van der Waals surface area contributed by atoms with E-state index in [0.717, 1.165) is 55.8 Å². The van der Waals surface area contributed by atoms with Crippen LogP contribution >= 0.6 is 0 Å². The van der Waals surface area contributed by atoms with Crippen LogP contribution in [0.25, 0.3) is 0 Å². The van der Waals surface area contributed by atoms with Crippen LogP contribution in [-0.4, -0.2) is 60.5 Å². The van der Waals surface area contributed by atoms with Gasteiger partial charge in [-0.25, -0.2) is 0 Å². The van der Waals surface area contributed by atoms with E-state index in [-0.39, 0.29) is 16.7 Å². The first-order valence-electron chi connectivity index (χ1n) is 19.8. The second kappa shape index (κ2) is 12.6. The van der Waals surface area contributed by atoms with Gasteiger partial charge in [-0.3, -0.25) is 9.69 Å². The van der Waals surface area contributed by atoms with E-state index in [1.54, 1.807) is 0 Å². The molecule has 4 nitrogen and oxygen atoms in total. The number of likely N-dealkylation sites (N-methyl/N-ethyl adjacent to an activating group) is 1. The molecule has 1 N–H and O–H groups in total. The standard InChI is InChI=1S/C44H70N2O2/c1-29(2)38-34(47)26-44(37(48)28-46(25-24-45(10)11)27-32-14-12-30(3)13-15-32)23-22-42(8)33(39(38)44)16-17-36-41(7)20-18-31(4)40(5,6)35(41)19-21-43(36,42)9/h12-15,29,31,33,35-37,48H,16-28H2,1-11H3. The summed E-state index contributed by atoms with van der Waals surface area (Å²) in [5.41, 5.74) is 5.81. The van der Waals surface area contributed by atoms with Crippen LogP contribution in [0.5, 0.6) is 0 Å². The molecule has 5 aliphatic carbocycles. The van der Waals surface area contributed by atoms with Crippen molar-refractivity contribution in [2.45, 2.75) is 133 Å². The largest absolute Gasteiger partial charge is 0.391 e. The van der Waals surface area contributed by atoms with Crippen molar-refractivity contribution < 1.29 is 9.90 Å². The van der Waals surface area contributed by atoms with E-state index in [1.807, 2.05) is 0 Å². The molecule has 9 atom stereocenters. The van der Waals surface area contributed by atoms with E-state index in [9.17, 15) is 9.90 Å². The molecule has 1 aromatic carbocycles. The zero-order valence-corrected chi connectivity index (χ0v) is 32.7. The predicted octanol–water partition coefficient (Wildman–Crippen LogP) is 9.34. The summed E-state index contributed by atoms with van der Waals surface area (Å²) in [7, 11) is 4.26. The number of hydrogen-bond donors (Lipinski definition) is 1. The molecule has 0 amide bonds. The molecule has 0 heterocycles. The van der Waals surface area contributed by atoms with Crippen LogP contribution in [0.4, 0.5) is 0 Å². The smallest absolute Gasteiger partial charge is 0.160 e. The van der Waals surface area contributed by atoms with Crippen LogP contribution in [0.1, 0.15) is 124 Å². The highest BCUT2D eigenvalue weighted by Crippen LogP contribution is 2.77. The summed E-state index contributed by atoms with van der Waals surface area (Å²) in [5, 5.41) is 12.6. The van der Waals surface area contributed by atoms with Gasteiger partial charge in [-0.2, -0.15) is 0 Å². The maximum absolute atomic E-state index is 14.2. The van der Waals surface area contributed by atoms with Gasteiger partial charge >= 0.3 is 0 Å². The Morgan fingerprint density at radius 3 is 2.19 bits per heavy atom. The minimum absolute atomic E-state index is 0.146. The number of carbonyl (C=O) groups excluding carboxylic acids is 1. The number of rotatable bonds is 9. The van der Waals surface area contributed by atoms with Gasteiger partial charge in [0.15, 0.2) is 5.78 Å². The summed E-state index contributed by atoms with van der Waals surface area (Å²) in [6, 6.07) is 8.86. The van der Waals surface area contributed by atoms with E-state index >= 15 is 0 Å².